The quantitative estimate of drug-likeness (QED) is 0.614. The molecule has 0 amide bonds. The van der Waals surface area contributed by atoms with E-state index in [4.69, 9.17) is 12.2 Å². The predicted molar refractivity (Wildman–Crippen MR) is 112 cm³/mol. The number of fused-ring (bicyclic) bond motifs is 1. The van der Waals surface area contributed by atoms with Gasteiger partial charge in [-0.1, -0.05) is 24.3 Å². The van der Waals surface area contributed by atoms with Crippen molar-refractivity contribution in [2.24, 2.45) is 0 Å². The van der Waals surface area contributed by atoms with Crippen LogP contribution in [0.5, 0.6) is 0 Å². The number of nitrogens with zero attached hydrogens (tertiary/aromatic N) is 1. The Morgan fingerprint density at radius 3 is 2.64 bits per heavy atom. The van der Waals surface area contributed by atoms with Crippen molar-refractivity contribution in [2.75, 3.05) is 23.3 Å². The Hall–Kier alpha value is -2.07. The molecule has 0 radical (unpaired) electrons. The van der Waals surface area contributed by atoms with Crippen molar-refractivity contribution >= 4 is 28.7 Å². The van der Waals surface area contributed by atoms with Gasteiger partial charge >= 0.3 is 0 Å². The van der Waals surface area contributed by atoms with Crippen molar-refractivity contribution in [2.45, 2.75) is 39.7 Å². The van der Waals surface area contributed by atoms with Crippen LogP contribution in [-0.2, 0) is 6.42 Å². The minimum Gasteiger partial charge on any atom is -0.368 e. The van der Waals surface area contributed by atoms with E-state index in [1.807, 2.05) is 0 Å². The first-order valence-corrected chi connectivity index (χ1v) is 9.41. The molecule has 0 saturated heterocycles. The fourth-order valence-electron chi connectivity index (χ4n) is 3.64. The van der Waals surface area contributed by atoms with Crippen LogP contribution in [0.4, 0.5) is 11.4 Å². The molecule has 0 aromatic heterocycles. The van der Waals surface area contributed by atoms with Gasteiger partial charge in [0.15, 0.2) is 5.11 Å². The third-order valence-electron chi connectivity index (χ3n) is 4.69. The summed E-state index contributed by atoms with van der Waals surface area (Å²) in [5.74, 6) is 0. The number of benzene rings is 2. The Morgan fingerprint density at radius 2 is 1.88 bits per heavy atom. The highest BCUT2D eigenvalue weighted by atomic mass is 32.1. The van der Waals surface area contributed by atoms with Gasteiger partial charge in [0.05, 0.1) is 0 Å². The lowest BCUT2D eigenvalue weighted by molar-refractivity contribution is 0.641. The summed E-state index contributed by atoms with van der Waals surface area (Å²) in [6.45, 7) is 8.44. The first kappa shape index (κ1) is 17.7. The predicted octanol–water partition coefficient (Wildman–Crippen LogP) is 4.43. The van der Waals surface area contributed by atoms with E-state index in [0.29, 0.717) is 11.2 Å². The van der Waals surface area contributed by atoms with Gasteiger partial charge in [-0.05, 0) is 80.7 Å². The van der Waals surface area contributed by atoms with Crippen LogP contribution in [0.25, 0.3) is 0 Å². The number of anilines is 2. The molecule has 0 saturated carbocycles. The molecule has 0 bridgehead atoms. The topological polar surface area (TPSA) is 27.3 Å². The zero-order chi connectivity index (χ0) is 17.8. The molecule has 1 heterocycles. The van der Waals surface area contributed by atoms with Crippen molar-refractivity contribution in [3.8, 4) is 0 Å². The van der Waals surface area contributed by atoms with Crippen LogP contribution < -0.4 is 15.5 Å². The first-order chi connectivity index (χ1) is 12.0. The molecule has 3 rings (SSSR count). The number of nitrogens with one attached hydrogen (secondary N) is 2. The zero-order valence-electron chi connectivity index (χ0n) is 15.3. The Kier molecular flexibility index (Phi) is 5.59. The smallest absolute Gasteiger partial charge is 0.170 e. The Labute approximate surface area is 156 Å². The van der Waals surface area contributed by atoms with Crippen LogP contribution in [0.2, 0.25) is 0 Å². The second-order valence-electron chi connectivity index (χ2n) is 6.99. The van der Waals surface area contributed by atoms with Gasteiger partial charge < -0.3 is 15.5 Å². The summed E-state index contributed by atoms with van der Waals surface area (Å²) in [5, 5.41) is 7.30. The van der Waals surface area contributed by atoms with Gasteiger partial charge in [-0.2, -0.15) is 0 Å². The molecule has 2 aromatic carbocycles. The molecular weight excluding hydrogens is 326 g/mol. The lowest BCUT2D eigenvalue weighted by Gasteiger charge is -2.25. The van der Waals surface area contributed by atoms with Crippen LogP contribution in [-0.4, -0.2) is 24.2 Å². The molecule has 1 aliphatic rings. The number of hydrogen-bond donors (Lipinski definition) is 2. The summed E-state index contributed by atoms with van der Waals surface area (Å²) >= 11 is 5.42. The molecule has 0 fully saturated rings. The van der Waals surface area contributed by atoms with E-state index in [0.717, 1.165) is 31.6 Å². The maximum Gasteiger partial charge on any atom is 0.170 e. The highest BCUT2D eigenvalue weighted by Gasteiger charge is 2.24. The Balaban J connectivity index is 1.45. The lowest BCUT2D eigenvalue weighted by Crippen LogP contribution is -2.34. The van der Waals surface area contributed by atoms with Crippen LogP contribution in [0.15, 0.2) is 42.5 Å². The van der Waals surface area contributed by atoms with Crippen molar-refractivity contribution in [1.82, 2.24) is 5.32 Å². The summed E-state index contributed by atoms with van der Waals surface area (Å²) in [4.78, 5) is 2.51. The van der Waals surface area contributed by atoms with Crippen molar-refractivity contribution < 1.29 is 0 Å². The van der Waals surface area contributed by atoms with Crippen molar-refractivity contribution in [1.29, 1.82) is 0 Å². The minimum atomic E-state index is 0.581. The van der Waals surface area contributed by atoms with Gasteiger partial charge in [-0.15, -0.1) is 0 Å². The molecule has 0 aliphatic carbocycles. The molecule has 3 nitrogen and oxygen atoms in total. The maximum atomic E-state index is 5.42. The highest BCUT2D eigenvalue weighted by molar-refractivity contribution is 7.80. The third kappa shape index (κ3) is 4.51. The van der Waals surface area contributed by atoms with E-state index in [-0.39, 0.29) is 0 Å². The highest BCUT2D eigenvalue weighted by Crippen LogP contribution is 2.31. The van der Waals surface area contributed by atoms with Crippen molar-refractivity contribution in [3.05, 3.63) is 59.2 Å². The first-order valence-electron chi connectivity index (χ1n) is 9.00. The van der Waals surface area contributed by atoms with E-state index < -0.39 is 0 Å². The average molecular weight is 354 g/mol. The molecule has 132 valence electrons. The standard InChI is InChI=1S/C21H27N3S/c1-15-11-16(2)13-19(12-15)23-21(25)22-9-6-10-24-17(3)14-18-7-4-5-8-20(18)24/h4-5,7-8,11-13,17H,6,9-10,14H2,1-3H3,(H2,22,23,25)/t17-/m1/s1. The molecule has 2 aromatic rings. The van der Waals surface area contributed by atoms with E-state index in [2.05, 4.69) is 78.8 Å². The van der Waals surface area contributed by atoms with Crippen LogP contribution in [0.3, 0.4) is 0 Å². The van der Waals surface area contributed by atoms with Crippen LogP contribution >= 0.6 is 12.2 Å². The molecule has 2 N–H and O–H groups in total. The lowest BCUT2D eigenvalue weighted by atomic mass is 10.1. The van der Waals surface area contributed by atoms with Crippen LogP contribution in [0, 0.1) is 13.8 Å². The molecule has 0 unspecified atom stereocenters. The van der Waals surface area contributed by atoms with E-state index in [1.54, 1.807) is 0 Å². The van der Waals surface area contributed by atoms with E-state index in [9.17, 15) is 0 Å². The molecule has 4 heteroatoms. The SMILES string of the molecule is Cc1cc(C)cc(NC(=S)NCCCN2c3ccccc3C[C@H]2C)c1. The third-order valence-corrected chi connectivity index (χ3v) is 4.94. The fourth-order valence-corrected chi connectivity index (χ4v) is 3.86. The van der Waals surface area contributed by atoms with Gasteiger partial charge in [0.2, 0.25) is 0 Å². The van der Waals surface area contributed by atoms with E-state index in [1.165, 1.54) is 22.4 Å². The summed E-state index contributed by atoms with van der Waals surface area (Å²) in [7, 11) is 0. The number of thiocarbonyl (C=S) groups is 1. The van der Waals surface area contributed by atoms with Gasteiger partial charge in [0, 0.05) is 30.5 Å². The maximum absolute atomic E-state index is 5.42. The van der Waals surface area contributed by atoms with Crippen LogP contribution in [0.1, 0.15) is 30.0 Å². The van der Waals surface area contributed by atoms with Gasteiger partial charge in [-0.3, -0.25) is 0 Å². The Bertz CT molecular complexity index is 736. The Morgan fingerprint density at radius 1 is 1.16 bits per heavy atom. The molecule has 25 heavy (non-hydrogen) atoms. The summed E-state index contributed by atoms with van der Waals surface area (Å²) in [6, 6.07) is 15.7. The molecular formula is C21H27N3S. The number of aryl methyl sites for hydroxylation is 2. The fraction of sp³-hybridized carbons (Fsp3) is 0.381. The second kappa shape index (κ2) is 7.87. The number of para-hydroxylation sites is 1. The average Bonchev–Trinajstić information content (AvgIpc) is 2.86. The summed E-state index contributed by atoms with van der Waals surface area (Å²) < 4.78 is 0. The minimum absolute atomic E-state index is 0.581. The van der Waals surface area contributed by atoms with Gasteiger partial charge in [0.1, 0.15) is 0 Å². The second-order valence-corrected chi connectivity index (χ2v) is 7.39. The van der Waals surface area contributed by atoms with Gasteiger partial charge in [0.25, 0.3) is 0 Å². The monoisotopic (exact) mass is 353 g/mol. The normalized spacial score (nSPS) is 15.8. The van der Waals surface area contributed by atoms with E-state index >= 15 is 0 Å². The molecule has 1 aliphatic heterocycles. The summed E-state index contributed by atoms with van der Waals surface area (Å²) in [5.41, 5.74) is 6.40. The number of hydrogen-bond acceptors (Lipinski definition) is 2. The summed E-state index contributed by atoms with van der Waals surface area (Å²) in [6.07, 6.45) is 2.21. The molecule has 1 atom stereocenters. The van der Waals surface area contributed by atoms with Crippen molar-refractivity contribution in [3.63, 3.8) is 0 Å². The zero-order valence-corrected chi connectivity index (χ0v) is 16.1. The largest absolute Gasteiger partial charge is 0.368 e. The van der Waals surface area contributed by atoms with Gasteiger partial charge in [-0.25, -0.2) is 0 Å². The molecule has 0 spiro atoms. The number of rotatable bonds is 5.